The Balaban J connectivity index is 0.986. The Bertz CT molecular complexity index is 3710. The first kappa shape index (κ1) is 39.5. The van der Waals surface area contributed by atoms with Crippen LogP contribution in [-0.4, -0.2) is 19.9 Å². The summed E-state index contributed by atoms with van der Waals surface area (Å²) in [7, 11) is 0. The highest BCUT2D eigenvalue weighted by Crippen LogP contribution is 2.60. The van der Waals surface area contributed by atoms with Gasteiger partial charge in [-0.25, -0.2) is 19.9 Å². The number of para-hydroxylation sites is 8. The Labute approximate surface area is 410 Å². The standard InChI is InChI=1S/C65H40N6/c1-3-19-41(20-4-1)65(42-21-5-2-6-22-42)51-39-43(70-57-31-15-7-23-47(57)61-62(48-24-8-16-32-58(48)70)67-54-28-12-11-27-53(54)66-61)35-37-45(51)46-38-36-44(40-52(46)65)71-59-33-17-9-25-49(59)63-64(50-26-10-18-34-60(50)71)69-56-30-14-13-29-55(56)68-63/h1-40H. The van der Waals surface area contributed by atoms with Crippen LogP contribution < -0.4 is 9.80 Å². The number of nitrogens with zero attached hydrogens (tertiary/aromatic N) is 6. The fourth-order valence-electron chi connectivity index (χ4n) is 11.8. The average Bonchev–Trinajstić information content (AvgIpc) is 3.59. The van der Waals surface area contributed by atoms with Crippen molar-refractivity contribution < 1.29 is 0 Å². The van der Waals surface area contributed by atoms with Crippen molar-refractivity contribution in [1.29, 1.82) is 0 Å². The van der Waals surface area contributed by atoms with Crippen LogP contribution in [0.3, 0.4) is 0 Å². The lowest BCUT2D eigenvalue weighted by molar-refractivity contribution is 0.768. The van der Waals surface area contributed by atoms with Crippen LogP contribution in [0.4, 0.5) is 34.1 Å². The van der Waals surface area contributed by atoms with E-state index in [-0.39, 0.29) is 0 Å². The van der Waals surface area contributed by atoms with Crippen molar-refractivity contribution in [2.45, 2.75) is 5.41 Å². The Morgan fingerprint density at radius 2 is 0.535 bits per heavy atom. The molecule has 0 N–H and O–H groups in total. The number of hydrogen-bond donors (Lipinski definition) is 0. The van der Waals surface area contributed by atoms with Crippen molar-refractivity contribution in [3.05, 3.63) is 265 Å². The molecule has 1 aliphatic carbocycles. The highest BCUT2D eigenvalue weighted by atomic mass is 15.2. The molecule has 4 heterocycles. The van der Waals surface area contributed by atoms with Crippen LogP contribution in [0.25, 0.3) is 78.2 Å². The summed E-state index contributed by atoms with van der Waals surface area (Å²) < 4.78 is 0. The van der Waals surface area contributed by atoms with Crippen LogP contribution >= 0.6 is 0 Å². The van der Waals surface area contributed by atoms with Gasteiger partial charge in [-0.05, 0) is 106 Å². The van der Waals surface area contributed by atoms with E-state index in [1.165, 1.54) is 33.4 Å². The molecule has 6 nitrogen and oxygen atoms in total. The second kappa shape index (κ2) is 15.2. The molecule has 0 bridgehead atoms. The van der Waals surface area contributed by atoms with Crippen molar-refractivity contribution in [2.24, 2.45) is 0 Å². The second-order valence-electron chi connectivity index (χ2n) is 18.5. The summed E-state index contributed by atoms with van der Waals surface area (Å²) in [5, 5.41) is 0. The zero-order valence-corrected chi connectivity index (χ0v) is 38.3. The molecule has 2 aromatic heterocycles. The molecule has 3 aliphatic rings. The molecule has 0 saturated heterocycles. The summed E-state index contributed by atoms with van der Waals surface area (Å²) in [5.74, 6) is 0. The Kier molecular flexibility index (Phi) is 8.47. The van der Waals surface area contributed by atoms with E-state index in [1.807, 2.05) is 24.3 Å². The van der Waals surface area contributed by atoms with Crippen LogP contribution in [0.2, 0.25) is 0 Å². The first-order valence-electron chi connectivity index (χ1n) is 24.1. The van der Waals surface area contributed by atoms with Crippen LogP contribution in [0, 0.1) is 0 Å². The molecular weight excluding hydrogens is 865 g/mol. The highest BCUT2D eigenvalue weighted by Gasteiger charge is 2.47. The van der Waals surface area contributed by atoms with Gasteiger partial charge in [-0.1, -0.05) is 170 Å². The van der Waals surface area contributed by atoms with E-state index in [0.29, 0.717) is 0 Å². The molecule has 71 heavy (non-hydrogen) atoms. The van der Waals surface area contributed by atoms with Crippen molar-refractivity contribution in [3.63, 3.8) is 0 Å². The van der Waals surface area contributed by atoms with Crippen LogP contribution in [0.1, 0.15) is 22.3 Å². The van der Waals surface area contributed by atoms with E-state index in [0.717, 1.165) is 101 Å². The Morgan fingerprint density at radius 3 is 0.859 bits per heavy atom. The third-order valence-electron chi connectivity index (χ3n) is 14.8. The molecule has 330 valence electrons. The molecule has 15 rings (SSSR count). The molecule has 6 heteroatoms. The van der Waals surface area contributed by atoms with E-state index in [1.54, 1.807) is 0 Å². The summed E-state index contributed by atoms with van der Waals surface area (Å²) in [5.41, 5.74) is 23.8. The fraction of sp³-hybridized carbons (Fsp3) is 0.0154. The van der Waals surface area contributed by atoms with Crippen LogP contribution in [-0.2, 0) is 5.41 Å². The SMILES string of the molecule is c1ccc(C2(c3ccccc3)c3cc(N4c5ccccc5-c5nc6ccccc6nc5-c5ccccc54)ccc3-c3ccc(N4c5ccccc5-c5nc6ccccc6nc5-c5ccccc54)cc32)cc1. The summed E-state index contributed by atoms with van der Waals surface area (Å²) >= 11 is 0. The quantitative estimate of drug-likeness (QED) is 0.175. The van der Waals surface area contributed by atoms with Gasteiger partial charge in [0.15, 0.2) is 0 Å². The second-order valence-corrected chi connectivity index (χ2v) is 18.5. The largest absolute Gasteiger partial charge is 0.309 e. The maximum atomic E-state index is 5.34. The number of rotatable bonds is 4. The number of aromatic nitrogens is 4. The minimum atomic E-state index is -0.720. The first-order valence-corrected chi connectivity index (χ1v) is 24.1. The van der Waals surface area contributed by atoms with E-state index >= 15 is 0 Å². The summed E-state index contributed by atoms with van der Waals surface area (Å²) in [6.45, 7) is 0. The summed E-state index contributed by atoms with van der Waals surface area (Å²) in [6, 6.07) is 87.2. The predicted octanol–water partition coefficient (Wildman–Crippen LogP) is 16.2. The smallest absolute Gasteiger partial charge is 0.0994 e. The normalized spacial score (nSPS) is 13.4. The molecular formula is C65H40N6. The number of hydrogen-bond acceptors (Lipinski definition) is 6. The predicted molar refractivity (Wildman–Crippen MR) is 288 cm³/mol. The van der Waals surface area contributed by atoms with Gasteiger partial charge in [0.1, 0.15) is 0 Å². The van der Waals surface area contributed by atoms with Crippen LogP contribution in [0.15, 0.2) is 243 Å². The van der Waals surface area contributed by atoms with Gasteiger partial charge in [0.25, 0.3) is 0 Å². The maximum absolute atomic E-state index is 5.34. The number of anilines is 6. The first-order chi connectivity index (χ1) is 35.2. The van der Waals surface area contributed by atoms with Crippen molar-refractivity contribution in [1.82, 2.24) is 19.9 Å². The van der Waals surface area contributed by atoms with Gasteiger partial charge in [-0.15, -0.1) is 0 Å². The summed E-state index contributed by atoms with van der Waals surface area (Å²) in [4.78, 5) is 26.2. The van der Waals surface area contributed by atoms with Crippen molar-refractivity contribution in [2.75, 3.05) is 9.80 Å². The van der Waals surface area contributed by atoms with Gasteiger partial charge in [-0.2, -0.15) is 0 Å². The van der Waals surface area contributed by atoms with Gasteiger partial charge in [0, 0.05) is 33.6 Å². The zero-order chi connectivity index (χ0) is 46.6. The maximum Gasteiger partial charge on any atom is 0.0994 e. The van der Waals surface area contributed by atoms with Gasteiger partial charge >= 0.3 is 0 Å². The van der Waals surface area contributed by atoms with Crippen molar-refractivity contribution in [3.8, 4) is 56.2 Å². The lowest BCUT2D eigenvalue weighted by Gasteiger charge is -2.36. The molecule has 12 aromatic rings. The summed E-state index contributed by atoms with van der Waals surface area (Å²) in [6.07, 6.45) is 0. The number of benzene rings is 10. The lowest BCUT2D eigenvalue weighted by Crippen LogP contribution is -2.29. The lowest BCUT2D eigenvalue weighted by atomic mass is 9.67. The fourth-order valence-corrected chi connectivity index (χ4v) is 11.8. The molecule has 0 atom stereocenters. The molecule has 0 amide bonds. The third-order valence-corrected chi connectivity index (χ3v) is 14.8. The highest BCUT2D eigenvalue weighted by molar-refractivity contribution is 6.04. The average molecular weight is 905 g/mol. The molecule has 0 saturated carbocycles. The van der Waals surface area contributed by atoms with Gasteiger partial charge in [-0.3, -0.25) is 0 Å². The molecule has 10 aromatic carbocycles. The number of fused-ring (bicyclic) bond motifs is 15. The van der Waals surface area contributed by atoms with E-state index in [9.17, 15) is 0 Å². The van der Waals surface area contributed by atoms with Crippen molar-refractivity contribution >= 4 is 56.2 Å². The van der Waals surface area contributed by atoms with E-state index in [4.69, 9.17) is 19.9 Å². The third kappa shape index (κ3) is 5.70. The Morgan fingerprint density at radius 1 is 0.254 bits per heavy atom. The van der Waals surface area contributed by atoms with Gasteiger partial charge in [0.05, 0.1) is 73.0 Å². The van der Waals surface area contributed by atoms with E-state index < -0.39 is 5.41 Å². The minimum Gasteiger partial charge on any atom is -0.309 e. The molecule has 2 aliphatic heterocycles. The Hall–Kier alpha value is -9.52. The van der Waals surface area contributed by atoms with Crippen LogP contribution in [0.5, 0.6) is 0 Å². The van der Waals surface area contributed by atoms with E-state index in [2.05, 4.69) is 228 Å². The topological polar surface area (TPSA) is 58.0 Å². The minimum absolute atomic E-state index is 0.720. The molecule has 0 unspecified atom stereocenters. The molecule has 0 radical (unpaired) electrons. The zero-order valence-electron chi connectivity index (χ0n) is 38.3. The molecule has 0 spiro atoms. The van der Waals surface area contributed by atoms with Gasteiger partial charge < -0.3 is 9.80 Å². The molecule has 0 fully saturated rings. The van der Waals surface area contributed by atoms with Gasteiger partial charge in [0.2, 0.25) is 0 Å². The monoisotopic (exact) mass is 904 g/mol.